The van der Waals surface area contributed by atoms with Gasteiger partial charge >= 0.3 is 0 Å². The number of amides is 3. The number of anilines is 1. The maximum absolute atomic E-state index is 13.2. The standard InChI is InChI=1S/C20H16ClFN2O5S/c1-2-29-16-7-11(3-6-15(16)25)8-17-19(27)24(20(28)30-17)10-18(26)23-12-4-5-14(22)13(21)9-12/h3-9,25H,2,10H2,1H3,(H,23,26)/b17-8+. The Hall–Kier alpha value is -3.04. The van der Waals surface area contributed by atoms with E-state index < -0.39 is 29.4 Å². The molecule has 2 N–H and O–H groups in total. The van der Waals surface area contributed by atoms with Gasteiger partial charge in [-0.25, -0.2) is 4.39 Å². The topological polar surface area (TPSA) is 95.9 Å². The predicted molar refractivity (Wildman–Crippen MR) is 112 cm³/mol. The van der Waals surface area contributed by atoms with E-state index in [1.165, 1.54) is 30.3 Å². The van der Waals surface area contributed by atoms with Gasteiger partial charge in [0, 0.05) is 5.69 Å². The van der Waals surface area contributed by atoms with Crippen molar-refractivity contribution in [3.63, 3.8) is 0 Å². The Morgan fingerprint density at radius 3 is 2.77 bits per heavy atom. The van der Waals surface area contributed by atoms with Gasteiger partial charge in [0.25, 0.3) is 11.1 Å². The van der Waals surface area contributed by atoms with Crippen LogP contribution in [0.4, 0.5) is 14.9 Å². The van der Waals surface area contributed by atoms with E-state index in [0.717, 1.165) is 11.0 Å². The highest BCUT2D eigenvalue weighted by Gasteiger charge is 2.36. The first kappa shape index (κ1) is 21.7. The summed E-state index contributed by atoms with van der Waals surface area (Å²) < 4.78 is 18.5. The molecule has 0 saturated carbocycles. The molecule has 1 aliphatic heterocycles. The predicted octanol–water partition coefficient (Wildman–Crippen LogP) is 4.26. The highest BCUT2D eigenvalue weighted by atomic mass is 35.5. The molecule has 0 atom stereocenters. The summed E-state index contributed by atoms with van der Waals surface area (Å²) in [5.74, 6) is -1.68. The zero-order chi connectivity index (χ0) is 21.8. The molecule has 10 heteroatoms. The van der Waals surface area contributed by atoms with Gasteiger partial charge < -0.3 is 15.2 Å². The Bertz CT molecular complexity index is 1060. The first-order chi connectivity index (χ1) is 14.3. The SMILES string of the molecule is CCOc1cc(/C=C2/SC(=O)N(CC(=O)Nc3ccc(F)c(Cl)c3)C2=O)ccc1O. The molecule has 1 saturated heterocycles. The quantitative estimate of drug-likeness (QED) is 0.638. The second kappa shape index (κ2) is 9.19. The van der Waals surface area contributed by atoms with Crippen molar-refractivity contribution < 1.29 is 28.6 Å². The molecule has 1 fully saturated rings. The summed E-state index contributed by atoms with van der Waals surface area (Å²) in [5, 5.41) is 11.5. The lowest BCUT2D eigenvalue weighted by molar-refractivity contribution is -0.127. The number of hydrogen-bond acceptors (Lipinski definition) is 6. The molecular formula is C20H16ClFN2O5S. The van der Waals surface area contributed by atoms with Gasteiger partial charge in [-0.1, -0.05) is 17.7 Å². The number of nitrogens with zero attached hydrogens (tertiary/aromatic N) is 1. The smallest absolute Gasteiger partial charge is 0.294 e. The second-order valence-electron chi connectivity index (χ2n) is 6.11. The number of carbonyl (C=O) groups is 3. The van der Waals surface area contributed by atoms with Crippen LogP contribution in [0.25, 0.3) is 6.08 Å². The molecule has 0 unspecified atom stereocenters. The molecule has 7 nitrogen and oxygen atoms in total. The minimum absolute atomic E-state index is 0.0420. The number of halogens is 2. The van der Waals surface area contributed by atoms with Crippen LogP contribution >= 0.6 is 23.4 Å². The summed E-state index contributed by atoms with van der Waals surface area (Å²) in [4.78, 5) is 37.9. The zero-order valence-corrected chi connectivity index (χ0v) is 17.2. The summed E-state index contributed by atoms with van der Waals surface area (Å²) in [6, 6.07) is 8.16. The highest BCUT2D eigenvalue weighted by molar-refractivity contribution is 8.18. The highest BCUT2D eigenvalue weighted by Crippen LogP contribution is 2.34. The number of carbonyl (C=O) groups excluding carboxylic acids is 3. The summed E-state index contributed by atoms with van der Waals surface area (Å²) in [5.41, 5.74) is 0.786. The zero-order valence-electron chi connectivity index (χ0n) is 15.6. The summed E-state index contributed by atoms with van der Waals surface area (Å²) in [6.07, 6.45) is 1.48. The van der Waals surface area contributed by atoms with Crippen LogP contribution in [0.1, 0.15) is 12.5 Å². The van der Waals surface area contributed by atoms with E-state index >= 15 is 0 Å². The van der Waals surface area contributed by atoms with Gasteiger partial charge in [0.1, 0.15) is 12.4 Å². The Balaban J connectivity index is 1.71. The van der Waals surface area contributed by atoms with Crippen molar-refractivity contribution in [2.24, 2.45) is 0 Å². The molecule has 3 amide bonds. The van der Waals surface area contributed by atoms with Gasteiger partial charge in [0.2, 0.25) is 5.91 Å². The van der Waals surface area contributed by atoms with Crippen molar-refractivity contribution in [2.75, 3.05) is 18.5 Å². The van der Waals surface area contributed by atoms with Gasteiger partial charge in [-0.3, -0.25) is 19.3 Å². The van der Waals surface area contributed by atoms with E-state index in [9.17, 15) is 23.9 Å². The lowest BCUT2D eigenvalue weighted by Crippen LogP contribution is -2.36. The monoisotopic (exact) mass is 450 g/mol. The molecule has 0 aliphatic carbocycles. The largest absolute Gasteiger partial charge is 0.504 e. The molecule has 0 aromatic heterocycles. The molecular weight excluding hydrogens is 435 g/mol. The van der Waals surface area contributed by atoms with Crippen LogP contribution in [0.3, 0.4) is 0 Å². The van der Waals surface area contributed by atoms with E-state index in [-0.39, 0.29) is 27.1 Å². The first-order valence-electron chi connectivity index (χ1n) is 8.74. The number of benzene rings is 2. The summed E-state index contributed by atoms with van der Waals surface area (Å²) in [7, 11) is 0. The number of thioether (sulfide) groups is 1. The number of phenolic OH excluding ortho intramolecular Hbond substituents is 1. The molecule has 1 aliphatic rings. The number of aromatic hydroxyl groups is 1. The van der Waals surface area contributed by atoms with Crippen LogP contribution in [0, 0.1) is 5.82 Å². The normalized spacial score (nSPS) is 15.0. The van der Waals surface area contributed by atoms with Crippen molar-refractivity contribution in [3.8, 4) is 11.5 Å². The number of nitrogens with one attached hydrogen (secondary N) is 1. The summed E-state index contributed by atoms with van der Waals surface area (Å²) in [6.45, 7) is 1.61. The summed E-state index contributed by atoms with van der Waals surface area (Å²) >= 11 is 6.37. The van der Waals surface area contributed by atoms with Crippen LogP contribution in [0.5, 0.6) is 11.5 Å². The molecule has 1 heterocycles. The van der Waals surface area contributed by atoms with Crippen LogP contribution in [-0.2, 0) is 9.59 Å². The number of ether oxygens (including phenoxy) is 1. The lowest BCUT2D eigenvalue weighted by Gasteiger charge is -2.12. The third-order valence-electron chi connectivity index (χ3n) is 3.96. The van der Waals surface area contributed by atoms with Gasteiger partial charge in [-0.2, -0.15) is 0 Å². The molecule has 0 radical (unpaired) electrons. The third kappa shape index (κ3) is 4.92. The Kier molecular flexibility index (Phi) is 6.63. The number of hydrogen-bond donors (Lipinski definition) is 2. The van der Waals surface area contributed by atoms with Crippen molar-refractivity contribution in [1.82, 2.24) is 4.90 Å². The Labute approximate surface area is 180 Å². The van der Waals surface area contributed by atoms with Crippen LogP contribution < -0.4 is 10.1 Å². The Morgan fingerprint density at radius 1 is 1.30 bits per heavy atom. The van der Waals surface area contributed by atoms with Gasteiger partial charge in [0.05, 0.1) is 16.5 Å². The molecule has 2 aromatic carbocycles. The fourth-order valence-electron chi connectivity index (χ4n) is 2.60. The molecule has 30 heavy (non-hydrogen) atoms. The first-order valence-corrected chi connectivity index (χ1v) is 9.94. The van der Waals surface area contributed by atoms with Gasteiger partial charge in [0.15, 0.2) is 11.5 Å². The maximum atomic E-state index is 13.2. The van der Waals surface area contributed by atoms with Crippen molar-refractivity contribution in [3.05, 3.63) is 57.7 Å². The van der Waals surface area contributed by atoms with Gasteiger partial charge in [-0.15, -0.1) is 0 Å². The van der Waals surface area contributed by atoms with Crippen LogP contribution in [0.15, 0.2) is 41.3 Å². The number of phenols is 1. The number of imide groups is 1. The fraction of sp³-hybridized carbons (Fsp3) is 0.150. The van der Waals surface area contributed by atoms with E-state index in [0.29, 0.717) is 23.9 Å². The molecule has 156 valence electrons. The number of rotatable bonds is 6. The minimum Gasteiger partial charge on any atom is -0.504 e. The van der Waals surface area contributed by atoms with E-state index in [1.54, 1.807) is 13.0 Å². The minimum atomic E-state index is -0.635. The fourth-order valence-corrected chi connectivity index (χ4v) is 3.62. The molecule has 0 spiro atoms. The van der Waals surface area contributed by atoms with E-state index in [2.05, 4.69) is 5.32 Å². The average molecular weight is 451 g/mol. The third-order valence-corrected chi connectivity index (χ3v) is 5.16. The Morgan fingerprint density at radius 2 is 2.07 bits per heavy atom. The van der Waals surface area contributed by atoms with Crippen LogP contribution in [0.2, 0.25) is 5.02 Å². The van der Waals surface area contributed by atoms with E-state index in [4.69, 9.17) is 16.3 Å². The second-order valence-corrected chi connectivity index (χ2v) is 7.51. The van der Waals surface area contributed by atoms with E-state index in [1.807, 2.05) is 0 Å². The van der Waals surface area contributed by atoms with Crippen LogP contribution in [-0.4, -0.2) is 40.2 Å². The lowest BCUT2D eigenvalue weighted by atomic mass is 10.2. The van der Waals surface area contributed by atoms with Gasteiger partial charge in [-0.05, 0) is 60.7 Å². The molecule has 3 rings (SSSR count). The van der Waals surface area contributed by atoms with Crippen molar-refractivity contribution >= 4 is 52.2 Å². The van der Waals surface area contributed by atoms with Crippen molar-refractivity contribution in [1.29, 1.82) is 0 Å². The van der Waals surface area contributed by atoms with Crippen molar-refractivity contribution in [2.45, 2.75) is 6.92 Å². The molecule has 0 bridgehead atoms. The maximum Gasteiger partial charge on any atom is 0.294 e. The average Bonchev–Trinajstić information content (AvgIpc) is 2.95. The molecule has 2 aromatic rings.